The van der Waals surface area contributed by atoms with E-state index in [4.69, 9.17) is 0 Å². The minimum absolute atomic E-state index is 0.139. The highest BCUT2D eigenvalue weighted by Gasteiger charge is 2.24. The quantitative estimate of drug-likeness (QED) is 0.481. The van der Waals surface area contributed by atoms with Crippen LogP contribution in [-0.2, 0) is 17.6 Å². The van der Waals surface area contributed by atoms with Crippen molar-refractivity contribution in [2.45, 2.75) is 47.0 Å². The van der Waals surface area contributed by atoms with Gasteiger partial charge in [0.05, 0.1) is 5.57 Å². The van der Waals surface area contributed by atoms with E-state index in [9.17, 15) is 9.90 Å². The molecule has 122 valence electrons. The van der Waals surface area contributed by atoms with Gasteiger partial charge in [-0.2, -0.15) is 0 Å². The number of benzene rings is 1. The summed E-state index contributed by atoms with van der Waals surface area (Å²) in [7, 11) is 3.35. The lowest BCUT2D eigenvalue weighted by molar-refractivity contribution is -0.126. The number of carbonyl (C=O) groups excluding carboxylic acids is 1. The topological polar surface area (TPSA) is 52.6 Å². The van der Waals surface area contributed by atoms with Crippen molar-refractivity contribution in [3.63, 3.8) is 0 Å². The van der Waals surface area contributed by atoms with E-state index in [2.05, 4.69) is 38.3 Å². The highest BCUT2D eigenvalue weighted by Crippen LogP contribution is 2.30. The molecule has 1 aromatic carbocycles. The van der Waals surface area contributed by atoms with Gasteiger partial charge in [0.2, 0.25) is 0 Å². The van der Waals surface area contributed by atoms with Crippen LogP contribution in [0.25, 0.3) is 5.57 Å². The maximum absolute atomic E-state index is 12.7. The summed E-state index contributed by atoms with van der Waals surface area (Å²) >= 11 is 0. The summed E-state index contributed by atoms with van der Waals surface area (Å²) in [5, 5.41) is 11.8. The number of allylic oxidation sites excluding steroid dienone is 1. The molecular formula is C18H28N2O2. The van der Waals surface area contributed by atoms with Gasteiger partial charge >= 0.3 is 0 Å². The number of nitrogens with zero attached hydrogens (tertiary/aromatic N) is 1. The molecule has 0 aromatic heterocycles. The Labute approximate surface area is 133 Å². The van der Waals surface area contributed by atoms with Crippen LogP contribution in [0.5, 0.6) is 0 Å². The molecule has 0 spiro atoms. The molecule has 22 heavy (non-hydrogen) atoms. The largest absolute Gasteiger partial charge is 0.511 e. The lowest BCUT2D eigenvalue weighted by Gasteiger charge is -2.22. The zero-order valence-electron chi connectivity index (χ0n) is 14.6. The van der Waals surface area contributed by atoms with E-state index in [-0.39, 0.29) is 11.7 Å². The van der Waals surface area contributed by atoms with Crippen molar-refractivity contribution in [1.82, 2.24) is 10.4 Å². The van der Waals surface area contributed by atoms with Gasteiger partial charge < -0.3 is 5.11 Å². The molecule has 0 aliphatic rings. The fourth-order valence-electron chi connectivity index (χ4n) is 2.64. The summed E-state index contributed by atoms with van der Waals surface area (Å²) in [4.78, 5) is 12.7. The molecular weight excluding hydrogens is 276 g/mol. The van der Waals surface area contributed by atoms with Crippen LogP contribution in [0.1, 0.15) is 49.4 Å². The highest BCUT2D eigenvalue weighted by molar-refractivity contribution is 6.20. The fourth-order valence-corrected chi connectivity index (χ4v) is 2.64. The zero-order valence-corrected chi connectivity index (χ0v) is 14.6. The Kier molecular flexibility index (Phi) is 6.62. The lowest BCUT2D eigenvalue weighted by atomic mass is 9.88. The van der Waals surface area contributed by atoms with Crippen molar-refractivity contribution >= 4 is 11.5 Å². The number of aryl methyl sites for hydroxylation is 3. The Bertz CT molecular complexity index is 551. The van der Waals surface area contributed by atoms with Gasteiger partial charge in [0.1, 0.15) is 5.76 Å². The molecule has 0 saturated carbocycles. The lowest BCUT2D eigenvalue weighted by Crippen LogP contribution is -2.38. The molecule has 0 fully saturated rings. The average molecular weight is 304 g/mol. The highest BCUT2D eigenvalue weighted by atomic mass is 16.3. The monoisotopic (exact) mass is 304 g/mol. The van der Waals surface area contributed by atoms with Crippen molar-refractivity contribution in [1.29, 1.82) is 0 Å². The number of amides is 1. The third kappa shape index (κ3) is 3.69. The number of rotatable bonds is 6. The second-order valence-corrected chi connectivity index (χ2v) is 5.43. The summed E-state index contributed by atoms with van der Waals surface area (Å²) in [5.41, 5.74) is 7.51. The Morgan fingerprint density at radius 2 is 1.68 bits per heavy atom. The van der Waals surface area contributed by atoms with Gasteiger partial charge in [0, 0.05) is 20.5 Å². The van der Waals surface area contributed by atoms with Gasteiger partial charge in [-0.25, -0.2) is 5.43 Å². The molecule has 1 amide bonds. The molecule has 0 radical (unpaired) electrons. The number of hydrazine groups is 1. The van der Waals surface area contributed by atoms with Gasteiger partial charge in [-0.1, -0.05) is 38.5 Å². The minimum Gasteiger partial charge on any atom is -0.511 e. The summed E-state index contributed by atoms with van der Waals surface area (Å²) in [5.74, 6) is -0.0737. The normalized spacial score (nSPS) is 12.1. The number of hydrogen-bond donors (Lipinski definition) is 2. The van der Waals surface area contributed by atoms with E-state index in [0.29, 0.717) is 12.0 Å². The van der Waals surface area contributed by atoms with Gasteiger partial charge in [-0.05, 0) is 36.5 Å². The Morgan fingerprint density at radius 3 is 2.05 bits per heavy atom. The summed E-state index contributed by atoms with van der Waals surface area (Å²) in [6.07, 6.45) is 2.07. The summed E-state index contributed by atoms with van der Waals surface area (Å²) in [6, 6.07) is 4.20. The van der Waals surface area contributed by atoms with Crippen molar-refractivity contribution < 1.29 is 9.90 Å². The van der Waals surface area contributed by atoms with E-state index in [1.165, 1.54) is 10.6 Å². The Hall–Kier alpha value is -1.81. The van der Waals surface area contributed by atoms with Crippen LogP contribution >= 0.6 is 0 Å². The molecule has 0 aliphatic heterocycles. The molecule has 0 aliphatic carbocycles. The minimum atomic E-state index is -0.213. The second-order valence-electron chi connectivity index (χ2n) is 5.43. The standard InChI is InChI=1S/C18H28N2O2/c1-7-13-10-12(4)11-14(8-2)16(13)17(15(21)9-3)18(22)20(6)19-5/h10-11,19,21H,7-9H2,1-6H3/b17-15+. The summed E-state index contributed by atoms with van der Waals surface area (Å²) in [6.45, 7) is 8.06. The van der Waals surface area contributed by atoms with Crippen LogP contribution < -0.4 is 5.43 Å². The van der Waals surface area contributed by atoms with Crippen LogP contribution in [0.4, 0.5) is 0 Å². The smallest absolute Gasteiger partial charge is 0.271 e. The molecule has 0 atom stereocenters. The van der Waals surface area contributed by atoms with Gasteiger partial charge in [0.25, 0.3) is 5.91 Å². The van der Waals surface area contributed by atoms with Crippen molar-refractivity contribution in [2.24, 2.45) is 0 Å². The van der Waals surface area contributed by atoms with Crippen LogP contribution in [0, 0.1) is 6.92 Å². The number of aliphatic hydroxyl groups excluding tert-OH is 1. The first kappa shape index (κ1) is 18.2. The number of nitrogens with one attached hydrogen (secondary N) is 1. The van der Waals surface area contributed by atoms with Crippen molar-refractivity contribution in [3.05, 3.63) is 40.1 Å². The first-order valence-corrected chi connectivity index (χ1v) is 7.91. The average Bonchev–Trinajstić information content (AvgIpc) is 2.54. The van der Waals surface area contributed by atoms with Gasteiger partial charge in [-0.15, -0.1) is 0 Å². The Balaban J connectivity index is 3.67. The number of hydrogen-bond acceptors (Lipinski definition) is 3. The molecule has 0 saturated heterocycles. The predicted molar refractivity (Wildman–Crippen MR) is 91.6 cm³/mol. The predicted octanol–water partition coefficient (Wildman–Crippen LogP) is 3.39. The van der Waals surface area contributed by atoms with E-state index >= 15 is 0 Å². The van der Waals surface area contributed by atoms with Crippen LogP contribution in [-0.4, -0.2) is 30.1 Å². The summed E-state index contributed by atoms with van der Waals surface area (Å²) < 4.78 is 0. The van der Waals surface area contributed by atoms with Gasteiger partial charge in [-0.3, -0.25) is 9.80 Å². The molecule has 4 heteroatoms. The van der Waals surface area contributed by atoms with Crippen LogP contribution in [0.2, 0.25) is 0 Å². The van der Waals surface area contributed by atoms with E-state index in [1.807, 2.05) is 6.92 Å². The van der Waals surface area contributed by atoms with E-state index in [0.717, 1.165) is 29.5 Å². The first-order valence-electron chi connectivity index (χ1n) is 7.91. The Morgan fingerprint density at radius 1 is 1.18 bits per heavy atom. The maximum Gasteiger partial charge on any atom is 0.271 e. The van der Waals surface area contributed by atoms with E-state index < -0.39 is 0 Å². The first-order chi connectivity index (χ1) is 10.4. The number of aliphatic hydroxyl groups is 1. The van der Waals surface area contributed by atoms with Crippen molar-refractivity contribution in [3.8, 4) is 0 Å². The molecule has 0 unspecified atom stereocenters. The molecule has 0 bridgehead atoms. The van der Waals surface area contributed by atoms with Crippen LogP contribution in [0.3, 0.4) is 0 Å². The molecule has 1 aromatic rings. The van der Waals surface area contributed by atoms with E-state index in [1.54, 1.807) is 14.1 Å². The SMILES string of the molecule is CC/C(O)=C(\C(=O)N(C)NC)c1c(CC)cc(C)cc1CC. The zero-order chi connectivity index (χ0) is 16.9. The molecule has 4 nitrogen and oxygen atoms in total. The third-order valence-corrected chi connectivity index (χ3v) is 3.94. The molecule has 1 rings (SSSR count). The number of carbonyl (C=O) groups is 1. The van der Waals surface area contributed by atoms with Crippen LogP contribution in [0.15, 0.2) is 17.9 Å². The second kappa shape index (κ2) is 7.99. The fraction of sp³-hybridized carbons (Fsp3) is 0.500. The number of likely N-dealkylation sites (N-methyl/N-ethyl adjacent to an activating group) is 1. The molecule has 2 N–H and O–H groups in total. The maximum atomic E-state index is 12.7. The van der Waals surface area contributed by atoms with Gasteiger partial charge in [0.15, 0.2) is 0 Å². The van der Waals surface area contributed by atoms with Crippen molar-refractivity contribution in [2.75, 3.05) is 14.1 Å². The molecule has 0 heterocycles. The third-order valence-electron chi connectivity index (χ3n) is 3.94.